The molecule has 0 aliphatic heterocycles. The third kappa shape index (κ3) is 12.0. The Balaban J connectivity index is 1.35. The number of hydrogen-bond acceptors (Lipinski definition) is 9. The third-order valence-electron chi connectivity index (χ3n) is 6.84. The average molecular weight is 675 g/mol. The zero-order chi connectivity index (χ0) is 32.5. The van der Waals surface area contributed by atoms with Crippen molar-refractivity contribution in [2.75, 3.05) is 46.9 Å². The van der Waals surface area contributed by atoms with Crippen molar-refractivity contribution >= 4 is 43.1 Å². The number of aromatic nitrogens is 2. The molecule has 0 atom stereocenters. The molecule has 0 saturated heterocycles. The second-order valence-corrected chi connectivity index (χ2v) is 16.4. The number of halogens is 2. The number of rotatable bonds is 16. The lowest BCUT2D eigenvalue weighted by atomic mass is 10.2. The van der Waals surface area contributed by atoms with Crippen LogP contribution < -0.4 is 9.80 Å². The summed E-state index contributed by atoms with van der Waals surface area (Å²) in [5.41, 5.74) is 3.70. The van der Waals surface area contributed by atoms with Gasteiger partial charge in [0.25, 0.3) is 0 Å². The fraction of sp³-hybridized carbons (Fsp3) is 0.312. The first kappa shape index (κ1) is 34.3. The van der Waals surface area contributed by atoms with Crippen molar-refractivity contribution in [3.8, 4) is 0 Å². The van der Waals surface area contributed by atoms with Gasteiger partial charge in [0.1, 0.15) is 42.9 Å². The molecule has 4 aromatic rings. The number of sulfone groups is 2. The van der Waals surface area contributed by atoms with Gasteiger partial charge < -0.3 is 9.80 Å². The summed E-state index contributed by atoms with van der Waals surface area (Å²) >= 11 is 1.69. The van der Waals surface area contributed by atoms with Crippen LogP contribution in [0.5, 0.6) is 0 Å². The van der Waals surface area contributed by atoms with Crippen LogP contribution in [0.3, 0.4) is 0 Å². The van der Waals surface area contributed by atoms with E-state index in [0.717, 1.165) is 22.3 Å². The van der Waals surface area contributed by atoms with Crippen molar-refractivity contribution in [3.05, 3.63) is 119 Å². The van der Waals surface area contributed by atoms with Crippen LogP contribution in [0.2, 0.25) is 0 Å². The molecule has 2 aromatic carbocycles. The number of thioether (sulfide) groups is 1. The maximum Gasteiger partial charge on any atom is 0.149 e. The summed E-state index contributed by atoms with van der Waals surface area (Å²) in [4.78, 5) is 12.9. The summed E-state index contributed by atoms with van der Waals surface area (Å²) in [6.07, 6.45) is 5.94. The second-order valence-electron chi connectivity index (χ2n) is 10.9. The van der Waals surface area contributed by atoms with Crippen molar-refractivity contribution < 1.29 is 25.6 Å². The lowest BCUT2D eigenvalue weighted by molar-refractivity contribution is 0.598. The Hall–Kier alpha value is -3.55. The molecule has 45 heavy (non-hydrogen) atoms. The lowest BCUT2D eigenvalue weighted by Gasteiger charge is -2.24. The zero-order valence-electron chi connectivity index (χ0n) is 25.1. The molecular weight excluding hydrogens is 639 g/mol. The lowest BCUT2D eigenvalue weighted by Crippen LogP contribution is -2.29. The molecule has 0 aliphatic carbocycles. The Labute approximate surface area is 268 Å². The normalized spacial score (nSPS) is 11.8. The molecule has 0 N–H and O–H groups in total. The number of hydrogen-bond donors (Lipinski definition) is 0. The summed E-state index contributed by atoms with van der Waals surface area (Å²) in [7, 11) is -6.36. The largest absolute Gasteiger partial charge is 0.351 e. The summed E-state index contributed by atoms with van der Waals surface area (Å²) in [6.45, 7) is 1.32. The van der Waals surface area contributed by atoms with Crippen LogP contribution in [0.15, 0.2) is 85.2 Å². The van der Waals surface area contributed by atoms with E-state index in [1.807, 2.05) is 34.1 Å². The number of nitrogens with zero attached hydrogens (tertiary/aromatic N) is 4. The maximum atomic E-state index is 13.4. The molecular formula is C32H36F2N4O4S3. The molecule has 2 aromatic heterocycles. The van der Waals surface area contributed by atoms with Crippen LogP contribution in [0.1, 0.15) is 22.3 Å². The monoisotopic (exact) mass is 674 g/mol. The van der Waals surface area contributed by atoms with Gasteiger partial charge in [-0.2, -0.15) is 11.8 Å². The van der Waals surface area contributed by atoms with E-state index in [4.69, 9.17) is 0 Å². The standard InChI is InChI=1S/C32H36F2N4O4S3/c1-44(39,40)17-15-37(21-25-3-9-29(33)10-4-25)31-13-7-27(19-35-31)23-43-24-28-8-14-32(36-20-28)38(16-18-45(2,41)42)22-26-5-11-30(34)12-6-26/h3-14,19-20H,15-18,21-24H2,1-2H3. The van der Waals surface area contributed by atoms with E-state index >= 15 is 0 Å². The van der Waals surface area contributed by atoms with Crippen LogP contribution in [0, 0.1) is 11.6 Å². The molecule has 0 fully saturated rings. The van der Waals surface area contributed by atoms with E-state index in [9.17, 15) is 25.6 Å². The molecule has 0 spiro atoms. The Morgan fingerprint density at radius 1 is 0.578 bits per heavy atom. The van der Waals surface area contributed by atoms with Crippen molar-refractivity contribution in [1.82, 2.24) is 9.97 Å². The molecule has 0 bridgehead atoms. The van der Waals surface area contributed by atoms with Gasteiger partial charge in [0.15, 0.2) is 0 Å². The van der Waals surface area contributed by atoms with Crippen LogP contribution in [0.25, 0.3) is 0 Å². The Morgan fingerprint density at radius 2 is 0.933 bits per heavy atom. The van der Waals surface area contributed by atoms with Gasteiger partial charge in [0, 0.05) is 62.6 Å². The average Bonchev–Trinajstić information content (AvgIpc) is 2.99. The molecule has 4 rings (SSSR count). The van der Waals surface area contributed by atoms with Crippen molar-refractivity contribution in [2.24, 2.45) is 0 Å². The fourth-order valence-corrected chi connectivity index (χ4v) is 6.41. The molecule has 13 heteroatoms. The Morgan fingerprint density at radius 3 is 1.24 bits per heavy atom. The minimum Gasteiger partial charge on any atom is -0.351 e. The van der Waals surface area contributed by atoms with Crippen LogP contribution in [-0.2, 0) is 44.3 Å². The molecule has 0 unspecified atom stereocenters. The summed E-state index contributed by atoms with van der Waals surface area (Å²) in [5, 5.41) is 0. The number of benzene rings is 2. The Bertz CT molecular complexity index is 1610. The van der Waals surface area contributed by atoms with Gasteiger partial charge in [-0.05, 0) is 58.7 Å². The smallest absolute Gasteiger partial charge is 0.149 e. The van der Waals surface area contributed by atoms with Crippen LogP contribution in [-0.4, -0.2) is 63.9 Å². The van der Waals surface area contributed by atoms with E-state index in [0.29, 0.717) is 36.2 Å². The van der Waals surface area contributed by atoms with Crippen LogP contribution >= 0.6 is 11.8 Å². The van der Waals surface area contributed by atoms with E-state index in [1.54, 1.807) is 48.4 Å². The molecule has 0 amide bonds. The van der Waals surface area contributed by atoms with Gasteiger partial charge in [0.2, 0.25) is 0 Å². The van der Waals surface area contributed by atoms with E-state index in [-0.39, 0.29) is 36.2 Å². The van der Waals surface area contributed by atoms with Gasteiger partial charge in [-0.3, -0.25) is 0 Å². The van der Waals surface area contributed by atoms with E-state index in [1.165, 1.54) is 36.8 Å². The maximum absolute atomic E-state index is 13.4. The molecule has 0 aliphatic rings. The fourth-order valence-electron chi connectivity index (χ4n) is 4.39. The first-order chi connectivity index (χ1) is 21.3. The van der Waals surface area contributed by atoms with E-state index < -0.39 is 19.7 Å². The topological polar surface area (TPSA) is 101 Å². The third-order valence-corrected chi connectivity index (χ3v) is 9.76. The summed E-state index contributed by atoms with van der Waals surface area (Å²) in [5.74, 6) is 1.95. The minimum atomic E-state index is -3.18. The molecule has 240 valence electrons. The molecule has 2 heterocycles. The first-order valence-corrected chi connectivity index (χ1v) is 19.4. The predicted octanol–water partition coefficient (Wildman–Crippen LogP) is 5.29. The Kier molecular flexibility index (Phi) is 11.9. The zero-order valence-corrected chi connectivity index (χ0v) is 27.6. The van der Waals surface area contributed by atoms with Crippen molar-refractivity contribution in [1.29, 1.82) is 0 Å². The highest BCUT2D eigenvalue weighted by Gasteiger charge is 2.14. The predicted molar refractivity (Wildman–Crippen MR) is 178 cm³/mol. The van der Waals surface area contributed by atoms with Gasteiger partial charge in [-0.25, -0.2) is 35.6 Å². The van der Waals surface area contributed by atoms with Crippen LogP contribution in [0.4, 0.5) is 20.4 Å². The van der Waals surface area contributed by atoms with Gasteiger partial charge in [-0.1, -0.05) is 36.4 Å². The number of anilines is 2. The molecule has 8 nitrogen and oxygen atoms in total. The van der Waals surface area contributed by atoms with Gasteiger partial charge in [0.05, 0.1) is 11.5 Å². The highest BCUT2D eigenvalue weighted by Crippen LogP contribution is 2.22. The summed E-state index contributed by atoms with van der Waals surface area (Å²) < 4.78 is 74.0. The van der Waals surface area contributed by atoms with Crippen molar-refractivity contribution in [2.45, 2.75) is 24.6 Å². The second kappa shape index (κ2) is 15.6. The number of pyridine rings is 2. The summed E-state index contributed by atoms with van der Waals surface area (Å²) in [6, 6.07) is 19.9. The molecule has 0 saturated carbocycles. The van der Waals surface area contributed by atoms with Gasteiger partial charge in [-0.15, -0.1) is 0 Å². The SMILES string of the molecule is CS(=O)(=O)CCN(Cc1ccc(F)cc1)c1ccc(CSCc2ccc(N(CCS(C)(=O)=O)Cc3ccc(F)cc3)nc2)cn1. The minimum absolute atomic E-state index is 0.0258. The quantitative estimate of drug-likeness (QED) is 0.157. The van der Waals surface area contributed by atoms with Gasteiger partial charge >= 0.3 is 0 Å². The van der Waals surface area contributed by atoms with E-state index in [2.05, 4.69) is 9.97 Å². The van der Waals surface area contributed by atoms with Crippen molar-refractivity contribution in [3.63, 3.8) is 0 Å². The first-order valence-electron chi connectivity index (χ1n) is 14.1. The molecule has 0 radical (unpaired) electrons. The highest BCUT2D eigenvalue weighted by atomic mass is 32.2. The highest BCUT2D eigenvalue weighted by molar-refractivity contribution is 7.97.